The van der Waals surface area contributed by atoms with Gasteiger partial charge in [-0.3, -0.25) is 9.59 Å². The molecular weight excluding hydrogens is 252 g/mol. The highest BCUT2D eigenvalue weighted by atomic mass is 16.5. The van der Waals surface area contributed by atoms with E-state index in [9.17, 15) is 9.59 Å². The van der Waals surface area contributed by atoms with Crippen LogP contribution in [0.25, 0.3) is 0 Å². The van der Waals surface area contributed by atoms with Crippen molar-refractivity contribution in [3.8, 4) is 0 Å². The lowest BCUT2D eigenvalue weighted by molar-refractivity contribution is -0.141. The zero-order chi connectivity index (χ0) is 14.5. The first-order valence-corrected chi connectivity index (χ1v) is 6.31. The number of esters is 2. The Labute approximate surface area is 113 Å². The molecule has 112 valence electrons. The van der Waals surface area contributed by atoms with Crippen LogP contribution in [0.1, 0.15) is 12.8 Å². The highest BCUT2D eigenvalue weighted by molar-refractivity contribution is 5.70. The van der Waals surface area contributed by atoms with E-state index < -0.39 is 0 Å². The summed E-state index contributed by atoms with van der Waals surface area (Å²) < 4.78 is 9.17. The summed E-state index contributed by atoms with van der Waals surface area (Å²) in [4.78, 5) is 24.2. The fourth-order valence-corrected chi connectivity index (χ4v) is 1.48. The molecule has 0 aromatic rings. The highest BCUT2D eigenvalue weighted by Gasteiger charge is 2.10. The van der Waals surface area contributed by atoms with Gasteiger partial charge in [0.2, 0.25) is 0 Å². The number of carbonyl (C=O) groups excluding carboxylic acids is 2. The van der Waals surface area contributed by atoms with E-state index >= 15 is 0 Å². The van der Waals surface area contributed by atoms with Gasteiger partial charge in [0, 0.05) is 32.7 Å². The number of ether oxygens (including phenoxy) is 2. The largest absolute Gasteiger partial charge is 0.469 e. The zero-order valence-corrected chi connectivity index (χ0v) is 11.7. The molecule has 19 heavy (non-hydrogen) atoms. The molecule has 7 nitrogen and oxygen atoms in total. The van der Waals surface area contributed by atoms with Crippen LogP contribution in [0.2, 0.25) is 0 Å². The summed E-state index contributed by atoms with van der Waals surface area (Å²) >= 11 is 0. The molecule has 0 atom stereocenters. The number of nitrogens with zero attached hydrogens (tertiary/aromatic N) is 1. The van der Waals surface area contributed by atoms with Crippen molar-refractivity contribution in [3.05, 3.63) is 0 Å². The molecule has 0 saturated carbocycles. The van der Waals surface area contributed by atoms with E-state index in [0.29, 0.717) is 32.7 Å². The zero-order valence-electron chi connectivity index (χ0n) is 11.7. The Balaban J connectivity index is 3.98. The first-order chi connectivity index (χ1) is 9.13. The summed E-state index contributed by atoms with van der Waals surface area (Å²) in [6.07, 6.45) is 0.579. The molecule has 7 heteroatoms. The average molecular weight is 276 g/mol. The van der Waals surface area contributed by atoms with Crippen molar-refractivity contribution < 1.29 is 24.2 Å². The van der Waals surface area contributed by atoms with E-state index in [1.54, 1.807) is 0 Å². The van der Waals surface area contributed by atoms with Gasteiger partial charge in [-0.1, -0.05) is 0 Å². The first-order valence-electron chi connectivity index (χ1n) is 6.31. The van der Waals surface area contributed by atoms with Gasteiger partial charge < -0.3 is 24.8 Å². The Morgan fingerprint density at radius 2 is 1.53 bits per heavy atom. The van der Waals surface area contributed by atoms with Crippen molar-refractivity contribution in [3.63, 3.8) is 0 Å². The molecule has 0 unspecified atom stereocenters. The van der Waals surface area contributed by atoms with Gasteiger partial charge in [-0.15, -0.1) is 0 Å². The normalized spacial score (nSPS) is 10.5. The summed E-state index contributed by atoms with van der Waals surface area (Å²) in [6, 6.07) is 0. The highest BCUT2D eigenvalue weighted by Crippen LogP contribution is 1.96. The number of rotatable bonds is 11. The van der Waals surface area contributed by atoms with E-state index in [1.165, 1.54) is 14.2 Å². The third-order valence-electron chi connectivity index (χ3n) is 2.61. The van der Waals surface area contributed by atoms with Crippen molar-refractivity contribution in [2.45, 2.75) is 12.8 Å². The van der Waals surface area contributed by atoms with Gasteiger partial charge in [0.05, 0.1) is 33.7 Å². The van der Waals surface area contributed by atoms with E-state index in [2.05, 4.69) is 14.8 Å². The minimum atomic E-state index is -0.272. The van der Waals surface area contributed by atoms with Crippen molar-refractivity contribution in [2.75, 3.05) is 53.6 Å². The number of carbonyl (C=O) groups is 2. The van der Waals surface area contributed by atoms with Gasteiger partial charge in [-0.2, -0.15) is 0 Å². The smallest absolute Gasteiger partial charge is 0.306 e. The second kappa shape index (κ2) is 11.9. The molecule has 0 aliphatic rings. The summed E-state index contributed by atoms with van der Waals surface area (Å²) in [5.74, 6) is -0.544. The maximum atomic E-state index is 11.1. The number of hydrogen-bond acceptors (Lipinski definition) is 7. The maximum Gasteiger partial charge on any atom is 0.306 e. The topological polar surface area (TPSA) is 88.1 Å². The predicted octanol–water partition coefficient (Wildman–Crippen LogP) is -1.00. The van der Waals surface area contributed by atoms with E-state index in [4.69, 9.17) is 5.11 Å². The molecule has 0 bridgehead atoms. The monoisotopic (exact) mass is 276 g/mol. The molecule has 0 rings (SSSR count). The number of aliphatic hydroxyl groups excluding tert-OH is 1. The van der Waals surface area contributed by atoms with Crippen LogP contribution in [0.4, 0.5) is 0 Å². The Morgan fingerprint density at radius 1 is 1.00 bits per heavy atom. The molecule has 0 aromatic heterocycles. The lowest BCUT2D eigenvalue weighted by atomic mass is 10.3. The predicted molar refractivity (Wildman–Crippen MR) is 69.7 cm³/mol. The standard InChI is InChI=1S/C12H24N2O5/c1-18-11(16)3-7-14(8-4-12(17)19-2)9-5-13-6-10-15/h13,15H,3-10H2,1-2H3. The third-order valence-corrected chi connectivity index (χ3v) is 2.61. The van der Waals surface area contributed by atoms with Crippen molar-refractivity contribution in [1.82, 2.24) is 10.2 Å². The molecule has 2 N–H and O–H groups in total. The second-order valence-electron chi connectivity index (χ2n) is 3.97. The molecule has 0 amide bonds. The van der Waals surface area contributed by atoms with Crippen LogP contribution < -0.4 is 5.32 Å². The van der Waals surface area contributed by atoms with E-state index in [0.717, 1.165) is 0 Å². The summed E-state index contributed by atoms with van der Waals surface area (Å²) in [7, 11) is 2.70. The Hall–Kier alpha value is -1.18. The Bertz CT molecular complexity index is 241. The quantitative estimate of drug-likeness (QED) is 0.369. The van der Waals surface area contributed by atoms with Crippen LogP contribution in [0, 0.1) is 0 Å². The lowest BCUT2D eigenvalue weighted by Crippen LogP contribution is -2.36. The molecule has 0 aliphatic heterocycles. The summed E-state index contributed by atoms with van der Waals surface area (Å²) in [6.45, 7) is 3.05. The van der Waals surface area contributed by atoms with Crippen LogP contribution in [-0.2, 0) is 19.1 Å². The summed E-state index contributed by atoms with van der Waals surface area (Å²) in [5.41, 5.74) is 0. The van der Waals surface area contributed by atoms with Crippen molar-refractivity contribution in [1.29, 1.82) is 0 Å². The average Bonchev–Trinajstić information content (AvgIpc) is 2.44. The van der Waals surface area contributed by atoms with Crippen LogP contribution in [-0.4, -0.2) is 75.5 Å². The summed E-state index contributed by atoms with van der Waals surface area (Å²) in [5, 5.41) is 11.7. The molecule has 0 heterocycles. The third kappa shape index (κ3) is 10.4. The van der Waals surface area contributed by atoms with Gasteiger partial charge in [0.15, 0.2) is 0 Å². The van der Waals surface area contributed by atoms with Gasteiger partial charge in [-0.05, 0) is 0 Å². The van der Waals surface area contributed by atoms with Crippen LogP contribution in [0.15, 0.2) is 0 Å². The molecule has 0 aromatic carbocycles. The fourth-order valence-electron chi connectivity index (χ4n) is 1.48. The Kier molecular flexibility index (Phi) is 11.1. The van der Waals surface area contributed by atoms with E-state index in [1.807, 2.05) is 4.90 Å². The molecule has 0 spiro atoms. The van der Waals surface area contributed by atoms with Crippen LogP contribution in [0.3, 0.4) is 0 Å². The number of aliphatic hydroxyl groups is 1. The lowest BCUT2D eigenvalue weighted by Gasteiger charge is -2.21. The SMILES string of the molecule is COC(=O)CCN(CCNCCO)CCC(=O)OC. The van der Waals surface area contributed by atoms with Crippen LogP contribution in [0.5, 0.6) is 0 Å². The molecular formula is C12H24N2O5. The van der Waals surface area contributed by atoms with Gasteiger partial charge in [0.1, 0.15) is 0 Å². The number of nitrogens with one attached hydrogen (secondary N) is 1. The minimum absolute atomic E-state index is 0.0876. The van der Waals surface area contributed by atoms with Gasteiger partial charge in [-0.25, -0.2) is 0 Å². The number of methoxy groups -OCH3 is 2. The fraction of sp³-hybridized carbons (Fsp3) is 0.833. The number of hydrogen-bond donors (Lipinski definition) is 2. The molecule has 0 saturated heterocycles. The molecule has 0 radical (unpaired) electrons. The van der Waals surface area contributed by atoms with E-state index in [-0.39, 0.29) is 31.4 Å². The maximum absolute atomic E-state index is 11.1. The molecule has 0 aliphatic carbocycles. The molecule has 0 fully saturated rings. The Morgan fingerprint density at radius 3 is 1.95 bits per heavy atom. The first kappa shape index (κ1) is 17.8. The van der Waals surface area contributed by atoms with Gasteiger partial charge >= 0.3 is 11.9 Å². The van der Waals surface area contributed by atoms with Gasteiger partial charge in [0.25, 0.3) is 0 Å². The van der Waals surface area contributed by atoms with Crippen molar-refractivity contribution >= 4 is 11.9 Å². The minimum Gasteiger partial charge on any atom is -0.469 e. The second-order valence-corrected chi connectivity index (χ2v) is 3.97. The van der Waals surface area contributed by atoms with Crippen molar-refractivity contribution in [2.24, 2.45) is 0 Å². The van der Waals surface area contributed by atoms with Crippen LogP contribution >= 0.6 is 0 Å².